The van der Waals surface area contributed by atoms with E-state index >= 15 is 0 Å². The van der Waals surface area contributed by atoms with Crippen LogP contribution >= 0.6 is 15.9 Å². The summed E-state index contributed by atoms with van der Waals surface area (Å²) in [6, 6.07) is 3.80. The summed E-state index contributed by atoms with van der Waals surface area (Å²) in [6.45, 7) is 0. The number of nitro groups is 1. The second kappa shape index (κ2) is 4.73. The Morgan fingerprint density at radius 3 is 2.94 bits per heavy atom. The van der Waals surface area contributed by atoms with Crippen molar-refractivity contribution < 1.29 is 14.1 Å². The first-order valence-electron chi connectivity index (χ1n) is 4.78. The first-order chi connectivity index (χ1) is 8.47. The van der Waals surface area contributed by atoms with Crippen LogP contribution in [0.15, 0.2) is 28.9 Å². The number of nitrogens with zero attached hydrogens (tertiary/aromatic N) is 3. The van der Waals surface area contributed by atoms with Gasteiger partial charge in [-0.25, -0.2) is 4.39 Å². The van der Waals surface area contributed by atoms with Gasteiger partial charge in [0.1, 0.15) is 17.8 Å². The molecule has 2 rings (SSSR count). The van der Waals surface area contributed by atoms with Crippen LogP contribution in [0.5, 0.6) is 11.6 Å². The average Bonchev–Trinajstić information content (AvgIpc) is 2.65. The fraction of sp³-hybridized carbons (Fsp3) is 0.100. The molecule has 0 aliphatic carbocycles. The van der Waals surface area contributed by atoms with E-state index in [-0.39, 0.29) is 17.3 Å². The smallest absolute Gasteiger partial charge is 0.350 e. The van der Waals surface area contributed by atoms with Crippen molar-refractivity contribution in [3.05, 3.63) is 44.8 Å². The van der Waals surface area contributed by atoms with E-state index in [1.54, 1.807) is 0 Å². The molecule has 1 heterocycles. The van der Waals surface area contributed by atoms with Crippen molar-refractivity contribution in [2.75, 3.05) is 0 Å². The molecular formula is C10H7BrFN3O3. The number of aryl methyl sites for hydroxylation is 1. The SMILES string of the molecule is Cn1cc([N+](=O)[O-])c(Oc2cc(F)ccc2Br)n1. The summed E-state index contributed by atoms with van der Waals surface area (Å²) in [5, 5.41) is 14.6. The van der Waals surface area contributed by atoms with Gasteiger partial charge in [-0.3, -0.25) is 14.8 Å². The zero-order chi connectivity index (χ0) is 13.3. The molecule has 0 N–H and O–H groups in total. The molecule has 0 unspecified atom stereocenters. The van der Waals surface area contributed by atoms with Crippen molar-refractivity contribution >= 4 is 21.6 Å². The second-order valence-corrected chi connectivity index (χ2v) is 4.28. The summed E-state index contributed by atoms with van der Waals surface area (Å²) in [5.41, 5.74) is -0.284. The molecule has 0 aliphatic rings. The Kier molecular flexibility index (Phi) is 3.28. The zero-order valence-electron chi connectivity index (χ0n) is 9.13. The molecule has 0 saturated carbocycles. The van der Waals surface area contributed by atoms with Crippen LogP contribution in [0, 0.1) is 15.9 Å². The minimum atomic E-state index is -0.616. The lowest BCUT2D eigenvalue weighted by molar-refractivity contribution is -0.385. The van der Waals surface area contributed by atoms with Crippen LogP contribution in [0.1, 0.15) is 0 Å². The van der Waals surface area contributed by atoms with Crippen LogP contribution in [-0.4, -0.2) is 14.7 Å². The standard InChI is InChI=1S/C10H7BrFN3O3/c1-14-5-8(15(16)17)10(13-14)18-9-4-6(12)2-3-7(9)11/h2-5H,1H3. The molecule has 18 heavy (non-hydrogen) atoms. The molecule has 2 aromatic rings. The molecule has 0 fully saturated rings. The molecular weight excluding hydrogens is 309 g/mol. The lowest BCUT2D eigenvalue weighted by atomic mass is 10.3. The van der Waals surface area contributed by atoms with Crippen LogP contribution < -0.4 is 4.74 Å². The highest BCUT2D eigenvalue weighted by Gasteiger charge is 2.21. The van der Waals surface area contributed by atoms with Gasteiger partial charge >= 0.3 is 11.6 Å². The molecule has 1 aromatic heterocycles. The van der Waals surface area contributed by atoms with Gasteiger partial charge in [-0.15, -0.1) is 5.10 Å². The Hall–Kier alpha value is -1.96. The number of ether oxygens (including phenoxy) is 1. The van der Waals surface area contributed by atoms with E-state index in [2.05, 4.69) is 21.0 Å². The lowest BCUT2D eigenvalue weighted by Gasteiger charge is -2.04. The van der Waals surface area contributed by atoms with Crippen molar-refractivity contribution in [2.45, 2.75) is 0 Å². The van der Waals surface area contributed by atoms with Gasteiger partial charge in [-0.05, 0) is 28.1 Å². The molecule has 8 heteroatoms. The van der Waals surface area contributed by atoms with E-state index in [0.29, 0.717) is 4.47 Å². The van der Waals surface area contributed by atoms with Crippen LogP contribution in [0.25, 0.3) is 0 Å². The largest absolute Gasteiger partial charge is 0.431 e. The van der Waals surface area contributed by atoms with Crippen LogP contribution in [0.4, 0.5) is 10.1 Å². The predicted molar refractivity (Wildman–Crippen MR) is 64.0 cm³/mol. The van der Waals surface area contributed by atoms with Crippen LogP contribution in [0.2, 0.25) is 0 Å². The van der Waals surface area contributed by atoms with E-state index < -0.39 is 10.7 Å². The molecule has 0 bridgehead atoms. The molecule has 6 nitrogen and oxygen atoms in total. The van der Waals surface area contributed by atoms with Crippen molar-refractivity contribution in [1.82, 2.24) is 9.78 Å². The Morgan fingerprint density at radius 1 is 1.56 bits per heavy atom. The quantitative estimate of drug-likeness (QED) is 0.644. The van der Waals surface area contributed by atoms with Crippen LogP contribution in [0.3, 0.4) is 0 Å². The second-order valence-electron chi connectivity index (χ2n) is 3.43. The molecule has 0 amide bonds. The third kappa shape index (κ3) is 2.48. The van der Waals surface area contributed by atoms with Crippen LogP contribution in [-0.2, 0) is 7.05 Å². The molecule has 94 valence electrons. The van der Waals surface area contributed by atoms with Gasteiger partial charge in [-0.1, -0.05) is 0 Å². The summed E-state index contributed by atoms with van der Waals surface area (Å²) in [5.74, 6) is -0.572. The Labute approximate surface area is 109 Å². The molecule has 0 radical (unpaired) electrons. The Balaban J connectivity index is 2.39. The highest BCUT2D eigenvalue weighted by molar-refractivity contribution is 9.10. The third-order valence-electron chi connectivity index (χ3n) is 2.07. The normalized spacial score (nSPS) is 10.4. The molecule has 0 spiro atoms. The van der Waals surface area contributed by atoms with Crippen molar-refractivity contribution in [1.29, 1.82) is 0 Å². The molecule has 0 aliphatic heterocycles. The highest BCUT2D eigenvalue weighted by atomic mass is 79.9. The van der Waals surface area contributed by atoms with E-state index in [1.165, 1.54) is 30.1 Å². The molecule has 0 saturated heterocycles. The lowest BCUT2D eigenvalue weighted by Crippen LogP contribution is -1.93. The van der Waals surface area contributed by atoms with Gasteiger partial charge in [0.25, 0.3) is 0 Å². The summed E-state index contributed by atoms with van der Waals surface area (Å²) in [4.78, 5) is 10.1. The first kappa shape index (κ1) is 12.5. The average molecular weight is 316 g/mol. The predicted octanol–water partition coefficient (Wildman–Crippen LogP) is 3.02. The van der Waals surface area contributed by atoms with Gasteiger partial charge < -0.3 is 4.74 Å². The van der Waals surface area contributed by atoms with Crippen molar-refractivity contribution in [3.8, 4) is 11.6 Å². The minimum absolute atomic E-state index is 0.122. The maximum Gasteiger partial charge on any atom is 0.350 e. The fourth-order valence-electron chi connectivity index (χ4n) is 1.31. The van der Waals surface area contributed by atoms with Gasteiger partial charge in [0.05, 0.1) is 9.40 Å². The number of rotatable bonds is 3. The summed E-state index contributed by atoms with van der Waals surface area (Å²) in [7, 11) is 1.53. The van der Waals surface area contributed by atoms with Crippen molar-refractivity contribution in [2.24, 2.45) is 7.05 Å². The number of hydrogen-bond acceptors (Lipinski definition) is 4. The van der Waals surface area contributed by atoms with Gasteiger partial charge in [0.2, 0.25) is 0 Å². The Bertz CT molecular complexity index is 614. The van der Waals surface area contributed by atoms with E-state index in [9.17, 15) is 14.5 Å². The fourth-order valence-corrected chi connectivity index (χ4v) is 1.64. The summed E-state index contributed by atoms with van der Waals surface area (Å²) < 4.78 is 20.0. The first-order valence-corrected chi connectivity index (χ1v) is 5.57. The molecule has 1 aromatic carbocycles. The number of halogens is 2. The highest BCUT2D eigenvalue weighted by Crippen LogP contribution is 2.33. The topological polar surface area (TPSA) is 70.2 Å². The molecule has 0 atom stereocenters. The number of aromatic nitrogens is 2. The number of benzene rings is 1. The van der Waals surface area contributed by atoms with Gasteiger partial charge in [0, 0.05) is 13.1 Å². The minimum Gasteiger partial charge on any atom is -0.431 e. The third-order valence-corrected chi connectivity index (χ3v) is 2.73. The number of hydrogen-bond donors (Lipinski definition) is 0. The van der Waals surface area contributed by atoms with E-state index in [1.807, 2.05) is 0 Å². The monoisotopic (exact) mass is 315 g/mol. The zero-order valence-corrected chi connectivity index (χ0v) is 10.7. The maximum absolute atomic E-state index is 13.1. The maximum atomic E-state index is 13.1. The van der Waals surface area contributed by atoms with Crippen molar-refractivity contribution in [3.63, 3.8) is 0 Å². The summed E-state index contributed by atoms with van der Waals surface area (Å²) >= 11 is 3.16. The van der Waals surface area contributed by atoms with Gasteiger partial charge in [-0.2, -0.15) is 0 Å². The van der Waals surface area contributed by atoms with Gasteiger partial charge in [0.15, 0.2) is 0 Å². The summed E-state index contributed by atoms with van der Waals surface area (Å²) in [6.07, 6.45) is 1.21. The van der Waals surface area contributed by atoms with E-state index in [4.69, 9.17) is 4.74 Å². The Morgan fingerprint density at radius 2 is 2.28 bits per heavy atom. The van der Waals surface area contributed by atoms with E-state index in [0.717, 1.165) is 6.07 Å².